The van der Waals surface area contributed by atoms with Crippen LogP contribution in [0.3, 0.4) is 0 Å². The highest BCUT2D eigenvalue weighted by molar-refractivity contribution is 5.95. The third-order valence-corrected chi connectivity index (χ3v) is 3.72. The third-order valence-electron chi connectivity index (χ3n) is 3.72. The van der Waals surface area contributed by atoms with Gasteiger partial charge < -0.3 is 10.1 Å². The van der Waals surface area contributed by atoms with Crippen molar-refractivity contribution in [2.24, 2.45) is 5.92 Å². The number of carbonyl (C=O) groups excluding carboxylic acids is 2. The molecule has 23 heavy (non-hydrogen) atoms. The van der Waals surface area contributed by atoms with Crippen molar-refractivity contribution >= 4 is 17.6 Å². The topological polar surface area (TPSA) is 58.6 Å². The van der Waals surface area contributed by atoms with Gasteiger partial charge in [-0.2, -0.15) is 0 Å². The molecule has 0 aliphatic carbocycles. The van der Waals surface area contributed by atoms with Crippen molar-refractivity contribution in [3.8, 4) is 0 Å². The third kappa shape index (κ3) is 5.67. The Kier molecular flexibility index (Phi) is 7.23. The first-order chi connectivity index (χ1) is 10.8. The zero-order valence-electron chi connectivity index (χ0n) is 14.9. The maximum Gasteiger partial charge on any atom is 0.324 e. The summed E-state index contributed by atoms with van der Waals surface area (Å²) >= 11 is 0. The largest absolute Gasteiger partial charge is 0.451 e. The fourth-order valence-electron chi connectivity index (χ4n) is 2.44. The first-order valence-electron chi connectivity index (χ1n) is 8.03. The van der Waals surface area contributed by atoms with E-state index in [-0.39, 0.29) is 23.8 Å². The lowest BCUT2D eigenvalue weighted by Gasteiger charge is -2.27. The second-order valence-corrected chi connectivity index (χ2v) is 6.27. The lowest BCUT2D eigenvalue weighted by molar-refractivity contribution is -0.159. The second-order valence-electron chi connectivity index (χ2n) is 6.27. The minimum absolute atomic E-state index is 0.106. The van der Waals surface area contributed by atoms with Gasteiger partial charge in [0.2, 0.25) is 0 Å². The molecule has 0 fully saturated rings. The highest BCUT2D eigenvalue weighted by atomic mass is 16.5. The number of likely N-dealkylation sites (N-methyl/N-ethyl adjacent to an activating group) is 1. The molecule has 2 atom stereocenters. The molecule has 1 N–H and O–H groups in total. The summed E-state index contributed by atoms with van der Waals surface area (Å²) in [7, 11) is 3.65. The van der Waals surface area contributed by atoms with Crippen molar-refractivity contribution in [2.45, 2.75) is 46.3 Å². The second kappa shape index (κ2) is 8.67. The van der Waals surface area contributed by atoms with Gasteiger partial charge in [-0.1, -0.05) is 32.9 Å². The van der Waals surface area contributed by atoms with E-state index < -0.39 is 6.10 Å². The summed E-state index contributed by atoms with van der Waals surface area (Å²) in [4.78, 5) is 26.2. The van der Waals surface area contributed by atoms with Gasteiger partial charge in [0.15, 0.2) is 6.10 Å². The highest BCUT2D eigenvalue weighted by Gasteiger charge is 2.29. The molecule has 0 saturated heterocycles. The first kappa shape index (κ1) is 19.2. The van der Waals surface area contributed by atoms with Crippen LogP contribution in [0, 0.1) is 5.92 Å². The fraction of sp³-hybridized carbons (Fsp3) is 0.556. The molecule has 0 aliphatic rings. The summed E-state index contributed by atoms with van der Waals surface area (Å²) in [6.07, 6.45) is 0.109. The lowest BCUT2D eigenvalue weighted by atomic mass is 10.0. The van der Waals surface area contributed by atoms with Crippen molar-refractivity contribution in [3.05, 3.63) is 29.8 Å². The van der Waals surface area contributed by atoms with Gasteiger partial charge in [-0.3, -0.25) is 14.5 Å². The van der Waals surface area contributed by atoms with E-state index in [1.54, 1.807) is 11.8 Å². The summed E-state index contributed by atoms with van der Waals surface area (Å²) in [5.74, 6) is -0.604. The molecular weight excluding hydrogens is 292 g/mol. The van der Waals surface area contributed by atoms with Gasteiger partial charge in [-0.15, -0.1) is 0 Å². The zero-order valence-corrected chi connectivity index (χ0v) is 14.9. The Morgan fingerprint density at radius 1 is 1.13 bits per heavy atom. The number of carbonyl (C=O) groups is 2. The maximum atomic E-state index is 12.2. The Balaban J connectivity index is 2.63. The molecule has 0 spiro atoms. The van der Waals surface area contributed by atoms with Crippen LogP contribution in [0.1, 0.15) is 33.3 Å². The Labute approximate surface area is 139 Å². The van der Waals surface area contributed by atoms with Crippen molar-refractivity contribution in [1.29, 1.82) is 0 Å². The summed E-state index contributed by atoms with van der Waals surface area (Å²) in [5.41, 5.74) is 1.90. The molecule has 0 aromatic heterocycles. The minimum atomic E-state index is -0.838. The van der Waals surface area contributed by atoms with Crippen LogP contribution in [0.5, 0.6) is 0 Å². The Hall–Kier alpha value is -1.88. The smallest absolute Gasteiger partial charge is 0.324 e. The molecule has 0 saturated carbocycles. The van der Waals surface area contributed by atoms with Crippen molar-refractivity contribution in [3.63, 3.8) is 0 Å². The molecule has 1 amide bonds. The molecule has 0 bridgehead atoms. The van der Waals surface area contributed by atoms with Crippen molar-refractivity contribution in [2.75, 3.05) is 19.4 Å². The van der Waals surface area contributed by atoms with Crippen LogP contribution in [-0.2, 0) is 20.7 Å². The van der Waals surface area contributed by atoms with Crippen LogP contribution < -0.4 is 5.32 Å². The van der Waals surface area contributed by atoms with Crippen LogP contribution in [0.4, 0.5) is 5.69 Å². The lowest BCUT2D eigenvalue weighted by Crippen LogP contribution is -2.43. The number of amides is 1. The van der Waals surface area contributed by atoms with Gasteiger partial charge in [0.05, 0.1) is 0 Å². The van der Waals surface area contributed by atoms with E-state index in [1.807, 2.05) is 52.2 Å². The summed E-state index contributed by atoms with van der Waals surface area (Å²) in [5, 5.41) is 2.77. The van der Waals surface area contributed by atoms with E-state index in [0.717, 1.165) is 6.42 Å². The Bertz CT molecular complexity index is 516. The SMILES string of the molecule is CCc1ccc(NC(=O)[C@H](C)OC(=O)[C@H](C(C)C)N(C)C)cc1. The van der Waals surface area contributed by atoms with E-state index in [0.29, 0.717) is 5.69 Å². The van der Waals surface area contributed by atoms with Crippen LogP contribution in [0.15, 0.2) is 24.3 Å². The molecule has 0 aliphatic heterocycles. The van der Waals surface area contributed by atoms with Gasteiger partial charge in [0.25, 0.3) is 5.91 Å². The number of hydrogen-bond acceptors (Lipinski definition) is 4. The quantitative estimate of drug-likeness (QED) is 0.785. The molecule has 0 unspecified atom stereocenters. The summed E-state index contributed by atoms with van der Waals surface area (Å²) < 4.78 is 5.32. The predicted octanol–water partition coefficient (Wildman–Crippen LogP) is 2.71. The van der Waals surface area contributed by atoms with Gasteiger partial charge >= 0.3 is 5.97 Å². The van der Waals surface area contributed by atoms with Gasteiger partial charge in [-0.25, -0.2) is 0 Å². The van der Waals surface area contributed by atoms with E-state index >= 15 is 0 Å². The van der Waals surface area contributed by atoms with Crippen LogP contribution >= 0.6 is 0 Å². The monoisotopic (exact) mass is 320 g/mol. The molecule has 0 heterocycles. The Morgan fingerprint density at radius 3 is 2.13 bits per heavy atom. The minimum Gasteiger partial charge on any atom is -0.451 e. The molecule has 1 aromatic carbocycles. The number of esters is 1. The summed E-state index contributed by atoms with van der Waals surface area (Å²) in [6, 6.07) is 7.26. The average Bonchev–Trinajstić information content (AvgIpc) is 2.46. The number of aryl methyl sites for hydroxylation is 1. The molecule has 5 nitrogen and oxygen atoms in total. The summed E-state index contributed by atoms with van der Waals surface area (Å²) in [6.45, 7) is 7.56. The van der Waals surface area contributed by atoms with E-state index in [4.69, 9.17) is 4.74 Å². The predicted molar refractivity (Wildman–Crippen MR) is 92.3 cm³/mol. The van der Waals surface area contributed by atoms with Crippen LogP contribution in [0.2, 0.25) is 0 Å². The number of anilines is 1. The Morgan fingerprint density at radius 2 is 1.70 bits per heavy atom. The molecule has 5 heteroatoms. The normalized spacial score (nSPS) is 13.7. The molecule has 1 aromatic rings. The van der Waals surface area contributed by atoms with E-state index in [2.05, 4.69) is 12.2 Å². The van der Waals surface area contributed by atoms with Gasteiger partial charge in [0, 0.05) is 5.69 Å². The van der Waals surface area contributed by atoms with Crippen molar-refractivity contribution < 1.29 is 14.3 Å². The molecule has 1 rings (SSSR count). The number of rotatable bonds is 7. The number of nitrogens with zero attached hydrogens (tertiary/aromatic N) is 1. The average molecular weight is 320 g/mol. The first-order valence-corrected chi connectivity index (χ1v) is 8.03. The number of hydrogen-bond donors (Lipinski definition) is 1. The van der Waals surface area contributed by atoms with E-state index in [9.17, 15) is 9.59 Å². The standard InChI is InChI=1S/C18H28N2O3/c1-7-14-8-10-15(11-9-14)19-17(21)13(4)23-18(22)16(12(2)3)20(5)6/h8-13,16H,7H2,1-6H3,(H,19,21)/t13-,16-/m0/s1. The van der Waals surface area contributed by atoms with Crippen LogP contribution in [-0.4, -0.2) is 43.0 Å². The van der Waals surface area contributed by atoms with E-state index in [1.165, 1.54) is 5.56 Å². The molecular formula is C18H28N2O3. The zero-order chi connectivity index (χ0) is 17.6. The maximum absolute atomic E-state index is 12.2. The number of benzene rings is 1. The van der Waals surface area contributed by atoms with Gasteiger partial charge in [-0.05, 0) is 51.1 Å². The number of ether oxygens (including phenoxy) is 1. The molecule has 0 radical (unpaired) electrons. The molecule has 128 valence electrons. The number of nitrogens with one attached hydrogen (secondary N) is 1. The van der Waals surface area contributed by atoms with Crippen LogP contribution in [0.25, 0.3) is 0 Å². The van der Waals surface area contributed by atoms with Gasteiger partial charge in [0.1, 0.15) is 6.04 Å². The fourth-order valence-corrected chi connectivity index (χ4v) is 2.44. The van der Waals surface area contributed by atoms with Crippen molar-refractivity contribution in [1.82, 2.24) is 4.90 Å². The highest BCUT2D eigenvalue weighted by Crippen LogP contribution is 2.13.